The fraction of sp³-hybridized carbons (Fsp3) is 0.143. The molecule has 4 nitrogen and oxygen atoms in total. The third-order valence-corrected chi connectivity index (χ3v) is 2.73. The Hall–Kier alpha value is -2.02. The van der Waals surface area contributed by atoms with Gasteiger partial charge in [0.15, 0.2) is 11.6 Å². The minimum Gasteiger partial charge on any atom is -0.293 e. The molecule has 0 aliphatic heterocycles. The molecule has 2 rings (SSSR count). The second kappa shape index (κ2) is 8.31. The number of aromatic nitrogens is 2. The van der Waals surface area contributed by atoms with E-state index in [-0.39, 0.29) is 22.6 Å². The van der Waals surface area contributed by atoms with Gasteiger partial charge in [0.1, 0.15) is 23.0 Å². The number of halogens is 3. The van der Waals surface area contributed by atoms with Crippen LogP contribution in [0.3, 0.4) is 0 Å². The third-order valence-electron chi connectivity index (χ3n) is 2.22. The van der Waals surface area contributed by atoms with Crippen molar-refractivity contribution in [3.8, 4) is 0 Å². The number of alkyl halides is 1. The highest BCUT2D eigenvalue weighted by Gasteiger charge is 2.03. The summed E-state index contributed by atoms with van der Waals surface area (Å²) >= 11 is 2.99. The zero-order valence-corrected chi connectivity index (χ0v) is 12.6. The lowest BCUT2D eigenvalue weighted by atomic mass is 10.3. The van der Waals surface area contributed by atoms with Gasteiger partial charge >= 0.3 is 0 Å². The van der Waals surface area contributed by atoms with Gasteiger partial charge in [0, 0.05) is 6.92 Å². The van der Waals surface area contributed by atoms with Gasteiger partial charge in [-0.2, -0.15) is 0 Å². The molecular formula is C14H11BrF2N2O2. The number of hydrogen-bond acceptors (Lipinski definition) is 4. The Morgan fingerprint density at radius 2 is 1.48 bits per heavy atom. The van der Waals surface area contributed by atoms with Gasteiger partial charge in [-0.15, -0.1) is 0 Å². The molecule has 0 unspecified atom stereocenters. The highest BCUT2D eigenvalue weighted by molar-refractivity contribution is 9.09. The maximum absolute atomic E-state index is 12.3. The largest absolute Gasteiger partial charge is 0.293 e. The van der Waals surface area contributed by atoms with Crippen LogP contribution in [0.2, 0.25) is 0 Å². The van der Waals surface area contributed by atoms with Crippen LogP contribution in [0, 0.1) is 11.6 Å². The number of ketones is 2. The van der Waals surface area contributed by atoms with Gasteiger partial charge in [0.2, 0.25) is 0 Å². The average molecular weight is 357 g/mol. The average Bonchev–Trinajstić information content (AvgIpc) is 2.48. The van der Waals surface area contributed by atoms with Crippen LogP contribution in [0.5, 0.6) is 0 Å². The van der Waals surface area contributed by atoms with Crippen LogP contribution in [0.25, 0.3) is 0 Å². The lowest BCUT2D eigenvalue weighted by Crippen LogP contribution is -2.02. The van der Waals surface area contributed by atoms with E-state index in [1.165, 1.54) is 31.2 Å². The van der Waals surface area contributed by atoms with E-state index in [9.17, 15) is 18.4 Å². The second-order valence-electron chi connectivity index (χ2n) is 3.84. The van der Waals surface area contributed by atoms with E-state index in [1.54, 1.807) is 0 Å². The van der Waals surface area contributed by atoms with E-state index in [1.807, 2.05) is 0 Å². The van der Waals surface area contributed by atoms with Crippen molar-refractivity contribution in [2.24, 2.45) is 0 Å². The van der Waals surface area contributed by atoms with Crippen molar-refractivity contribution in [1.82, 2.24) is 9.97 Å². The minimum absolute atomic E-state index is 0.148. The summed E-state index contributed by atoms with van der Waals surface area (Å²) in [5, 5.41) is 0.214. The van der Waals surface area contributed by atoms with Crippen LogP contribution in [-0.2, 0) is 0 Å². The van der Waals surface area contributed by atoms with Gasteiger partial charge < -0.3 is 0 Å². The standard InChI is InChI=1S/C7H5BrFNO.C7H6FNO/c8-3-7(11)6-2-1-5(9)4-10-6;1-5(10)7-3-2-6(8)4-9-7/h1-2,4H,3H2;2-4H,1H3. The maximum Gasteiger partial charge on any atom is 0.191 e. The molecule has 110 valence electrons. The van der Waals surface area contributed by atoms with Crippen LogP contribution in [0.1, 0.15) is 27.9 Å². The van der Waals surface area contributed by atoms with Gasteiger partial charge in [0.05, 0.1) is 17.7 Å². The fourth-order valence-electron chi connectivity index (χ4n) is 1.19. The van der Waals surface area contributed by atoms with Crippen molar-refractivity contribution in [2.45, 2.75) is 6.92 Å². The summed E-state index contributed by atoms with van der Waals surface area (Å²) in [7, 11) is 0. The molecule has 2 heterocycles. The first-order chi connectivity index (χ1) is 9.93. The van der Waals surface area contributed by atoms with Crippen molar-refractivity contribution in [3.63, 3.8) is 0 Å². The molecule has 0 saturated heterocycles. The fourth-order valence-corrected chi connectivity index (χ4v) is 1.48. The van der Waals surface area contributed by atoms with Crippen LogP contribution < -0.4 is 0 Å². The predicted molar refractivity (Wildman–Crippen MR) is 76.5 cm³/mol. The zero-order valence-electron chi connectivity index (χ0n) is 11.0. The summed E-state index contributed by atoms with van der Waals surface area (Å²) in [6.07, 6.45) is 2.05. The maximum atomic E-state index is 12.3. The molecule has 0 radical (unpaired) electrons. The number of rotatable bonds is 3. The molecule has 0 fully saturated rings. The molecule has 0 amide bonds. The molecule has 0 aromatic carbocycles. The molecule has 0 aliphatic rings. The summed E-state index contributed by atoms with van der Waals surface area (Å²) in [5.41, 5.74) is 0.574. The van der Waals surface area contributed by atoms with E-state index < -0.39 is 11.6 Å². The van der Waals surface area contributed by atoms with Gasteiger partial charge in [-0.3, -0.25) is 19.6 Å². The second-order valence-corrected chi connectivity index (χ2v) is 4.40. The molecule has 0 aliphatic carbocycles. The van der Waals surface area contributed by atoms with Crippen molar-refractivity contribution >= 4 is 27.5 Å². The summed E-state index contributed by atoms with van der Waals surface area (Å²) in [5.74, 6) is -1.16. The van der Waals surface area contributed by atoms with Crippen molar-refractivity contribution < 1.29 is 18.4 Å². The van der Waals surface area contributed by atoms with Gasteiger partial charge in [-0.25, -0.2) is 8.78 Å². The van der Waals surface area contributed by atoms with Gasteiger partial charge in [-0.05, 0) is 24.3 Å². The highest BCUT2D eigenvalue weighted by atomic mass is 79.9. The van der Waals surface area contributed by atoms with E-state index in [0.717, 1.165) is 12.4 Å². The van der Waals surface area contributed by atoms with Crippen LogP contribution in [-0.4, -0.2) is 26.9 Å². The topological polar surface area (TPSA) is 59.9 Å². The quantitative estimate of drug-likeness (QED) is 0.625. The van der Waals surface area contributed by atoms with Crippen molar-refractivity contribution in [3.05, 3.63) is 59.7 Å². The third kappa shape index (κ3) is 5.86. The SMILES string of the molecule is CC(=O)c1ccc(F)cn1.O=C(CBr)c1ccc(F)cn1. The molecule has 0 spiro atoms. The van der Waals surface area contributed by atoms with Crippen LogP contribution >= 0.6 is 15.9 Å². The summed E-state index contributed by atoms with van der Waals surface area (Å²) in [4.78, 5) is 28.6. The van der Waals surface area contributed by atoms with Crippen molar-refractivity contribution in [1.29, 1.82) is 0 Å². The number of Topliss-reactive ketones (excluding diaryl/α,β-unsaturated/α-hetero) is 2. The van der Waals surface area contributed by atoms with Crippen molar-refractivity contribution in [2.75, 3.05) is 5.33 Å². The smallest absolute Gasteiger partial charge is 0.191 e. The number of pyridine rings is 2. The lowest BCUT2D eigenvalue weighted by molar-refractivity contribution is 0.100. The molecule has 0 atom stereocenters. The number of nitrogens with zero attached hydrogens (tertiary/aromatic N) is 2. The first kappa shape index (κ1) is 17.0. The first-order valence-corrected chi connectivity index (χ1v) is 6.89. The zero-order chi connectivity index (χ0) is 15.8. The normalized spacial score (nSPS) is 9.52. The Labute approximate surface area is 128 Å². The molecule has 2 aromatic heterocycles. The molecule has 2 aromatic rings. The van der Waals surface area contributed by atoms with Crippen LogP contribution in [0.4, 0.5) is 8.78 Å². The van der Waals surface area contributed by atoms with Crippen LogP contribution in [0.15, 0.2) is 36.7 Å². The molecule has 0 bridgehead atoms. The molecule has 21 heavy (non-hydrogen) atoms. The summed E-state index contributed by atoms with van der Waals surface area (Å²) in [6, 6.07) is 5.14. The Morgan fingerprint density at radius 1 is 1.00 bits per heavy atom. The Bertz CT molecular complexity index is 616. The Kier molecular flexibility index (Phi) is 6.74. The number of hydrogen-bond donors (Lipinski definition) is 0. The molecular weight excluding hydrogens is 346 g/mol. The first-order valence-electron chi connectivity index (χ1n) is 5.77. The van der Waals surface area contributed by atoms with E-state index in [0.29, 0.717) is 5.69 Å². The summed E-state index contributed by atoms with van der Waals surface area (Å²) in [6.45, 7) is 1.39. The van der Waals surface area contributed by atoms with Gasteiger partial charge in [-0.1, -0.05) is 15.9 Å². The molecule has 7 heteroatoms. The van der Waals surface area contributed by atoms with E-state index in [2.05, 4.69) is 25.9 Å². The van der Waals surface area contributed by atoms with E-state index in [4.69, 9.17) is 0 Å². The Balaban J connectivity index is 0.000000211. The number of carbonyl (C=O) groups is 2. The monoisotopic (exact) mass is 356 g/mol. The molecule has 0 saturated carbocycles. The predicted octanol–water partition coefficient (Wildman–Crippen LogP) is 3.22. The van der Waals surface area contributed by atoms with E-state index >= 15 is 0 Å². The molecule has 0 N–H and O–H groups in total. The lowest BCUT2D eigenvalue weighted by Gasteiger charge is -1.93. The summed E-state index contributed by atoms with van der Waals surface area (Å²) < 4.78 is 24.4. The minimum atomic E-state index is -0.434. The van der Waals surface area contributed by atoms with Gasteiger partial charge in [0.25, 0.3) is 0 Å². The number of carbonyl (C=O) groups excluding carboxylic acids is 2. The highest BCUT2D eigenvalue weighted by Crippen LogP contribution is 2.00. The Morgan fingerprint density at radius 3 is 1.81 bits per heavy atom.